The second kappa shape index (κ2) is 11.5. The minimum Gasteiger partial charge on any atom is -0.494 e. The van der Waals surface area contributed by atoms with Crippen LogP contribution < -0.4 is 5.32 Å². The van der Waals surface area contributed by atoms with E-state index in [1.165, 1.54) is 7.11 Å². The van der Waals surface area contributed by atoms with Gasteiger partial charge in [-0.1, -0.05) is 42.5 Å². The van der Waals surface area contributed by atoms with Gasteiger partial charge in [0.1, 0.15) is 0 Å². The maximum atomic E-state index is 12.6. The number of fused-ring (bicyclic) bond motifs is 1. The molecule has 0 bridgehead atoms. The minimum absolute atomic E-state index is 0.0501. The number of hydrogen-bond acceptors (Lipinski definition) is 7. The normalized spacial score (nSPS) is 14.9. The number of aromatic hydroxyl groups is 1. The number of amides is 1. The lowest BCUT2D eigenvalue weighted by atomic mass is 9.99. The summed E-state index contributed by atoms with van der Waals surface area (Å²) in [4.78, 5) is 37.1. The molecule has 1 amide bonds. The Morgan fingerprint density at radius 3 is 2.38 bits per heavy atom. The Labute approximate surface area is 226 Å². The van der Waals surface area contributed by atoms with Crippen molar-refractivity contribution in [1.29, 1.82) is 0 Å². The van der Waals surface area contributed by atoms with Gasteiger partial charge >= 0.3 is 5.97 Å². The Bertz CT molecular complexity index is 1500. The number of hydrogen-bond donors (Lipinski definition) is 3. The Balaban J connectivity index is 1.44. The van der Waals surface area contributed by atoms with E-state index in [-0.39, 0.29) is 11.8 Å². The molecular formula is C30H31N5O4. The number of likely N-dealkylation sites (N-methyl/N-ethyl adjacent to an activating group) is 1. The fourth-order valence-electron chi connectivity index (χ4n) is 4.74. The molecular weight excluding hydrogens is 494 g/mol. The van der Waals surface area contributed by atoms with Crippen molar-refractivity contribution in [3.63, 3.8) is 0 Å². The highest BCUT2D eigenvalue weighted by Gasteiger charge is 2.22. The SMILES string of the molecule is COC(=O)c1cccc2c(C(=Nc3ccc(NC(=O)CN4CCN(C)CC4)cc3)c3ccccc3)c(O)[nH]c12. The molecule has 4 aromatic rings. The Hall–Kier alpha value is -4.47. The average molecular weight is 526 g/mol. The number of benzene rings is 3. The number of aliphatic imine (C=N–C) groups is 1. The number of methoxy groups -OCH3 is 1. The number of esters is 1. The van der Waals surface area contributed by atoms with Crippen LogP contribution in [0.3, 0.4) is 0 Å². The van der Waals surface area contributed by atoms with E-state index < -0.39 is 5.97 Å². The number of H-pyrrole nitrogens is 1. The van der Waals surface area contributed by atoms with Crippen LogP contribution in [0.2, 0.25) is 0 Å². The molecule has 200 valence electrons. The molecule has 39 heavy (non-hydrogen) atoms. The number of nitrogens with zero attached hydrogens (tertiary/aromatic N) is 3. The molecule has 9 heteroatoms. The van der Waals surface area contributed by atoms with E-state index in [1.54, 1.807) is 12.1 Å². The fraction of sp³-hybridized carbons (Fsp3) is 0.233. The molecule has 2 heterocycles. The topological polar surface area (TPSA) is 110 Å². The molecule has 0 spiro atoms. The highest BCUT2D eigenvalue weighted by Crippen LogP contribution is 2.33. The maximum absolute atomic E-state index is 12.6. The van der Waals surface area contributed by atoms with E-state index in [0.717, 1.165) is 31.7 Å². The van der Waals surface area contributed by atoms with Crippen LogP contribution in [0.25, 0.3) is 10.9 Å². The van der Waals surface area contributed by atoms with Gasteiger partial charge in [-0.2, -0.15) is 0 Å². The number of rotatable bonds is 7. The van der Waals surface area contributed by atoms with Crippen molar-refractivity contribution in [1.82, 2.24) is 14.8 Å². The van der Waals surface area contributed by atoms with Crippen molar-refractivity contribution in [2.45, 2.75) is 0 Å². The first kappa shape index (κ1) is 26.1. The first-order valence-electron chi connectivity index (χ1n) is 12.8. The summed E-state index contributed by atoms with van der Waals surface area (Å²) in [5.74, 6) is -0.653. The third-order valence-corrected chi connectivity index (χ3v) is 6.86. The van der Waals surface area contributed by atoms with E-state index in [9.17, 15) is 14.7 Å². The average Bonchev–Trinajstić information content (AvgIpc) is 3.29. The van der Waals surface area contributed by atoms with Crippen LogP contribution in [0.1, 0.15) is 21.5 Å². The molecule has 0 atom stereocenters. The molecule has 1 aromatic heterocycles. The van der Waals surface area contributed by atoms with Crippen molar-refractivity contribution < 1.29 is 19.4 Å². The molecule has 0 saturated carbocycles. The number of para-hydroxylation sites is 1. The van der Waals surface area contributed by atoms with Crippen LogP contribution >= 0.6 is 0 Å². The van der Waals surface area contributed by atoms with Crippen LogP contribution in [-0.4, -0.2) is 84.4 Å². The quantitative estimate of drug-likeness (QED) is 0.248. The highest BCUT2D eigenvalue weighted by molar-refractivity contribution is 6.23. The molecule has 0 unspecified atom stereocenters. The Morgan fingerprint density at radius 2 is 1.69 bits per heavy atom. The van der Waals surface area contributed by atoms with Gasteiger partial charge in [0.25, 0.3) is 0 Å². The van der Waals surface area contributed by atoms with Crippen molar-refractivity contribution >= 4 is 39.9 Å². The van der Waals surface area contributed by atoms with Gasteiger partial charge in [0, 0.05) is 42.8 Å². The second-order valence-corrected chi connectivity index (χ2v) is 9.57. The van der Waals surface area contributed by atoms with Gasteiger partial charge in [-0.3, -0.25) is 9.69 Å². The third-order valence-electron chi connectivity index (χ3n) is 6.86. The van der Waals surface area contributed by atoms with Crippen LogP contribution in [0.4, 0.5) is 11.4 Å². The summed E-state index contributed by atoms with van der Waals surface area (Å²) in [5, 5.41) is 14.6. The van der Waals surface area contributed by atoms with Crippen molar-refractivity contribution in [3.05, 3.63) is 89.5 Å². The van der Waals surface area contributed by atoms with E-state index in [2.05, 4.69) is 27.1 Å². The zero-order valence-corrected chi connectivity index (χ0v) is 22.0. The lowest BCUT2D eigenvalue weighted by molar-refractivity contribution is -0.117. The minimum atomic E-state index is -0.503. The highest BCUT2D eigenvalue weighted by atomic mass is 16.5. The number of nitrogens with one attached hydrogen (secondary N) is 2. The molecule has 1 saturated heterocycles. The maximum Gasteiger partial charge on any atom is 0.339 e. The number of carbonyl (C=O) groups is 2. The first-order chi connectivity index (χ1) is 18.9. The first-order valence-corrected chi connectivity index (χ1v) is 12.8. The molecule has 5 rings (SSSR count). The predicted octanol–water partition coefficient (Wildman–Crippen LogP) is 4.02. The number of aromatic amines is 1. The van der Waals surface area contributed by atoms with Gasteiger partial charge in [-0.15, -0.1) is 0 Å². The van der Waals surface area contributed by atoms with Gasteiger partial charge < -0.3 is 25.0 Å². The summed E-state index contributed by atoms with van der Waals surface area (Å²) >= 11 is 0. The largest absolute Gasteiger partial charge is 0.494 e. The lowest BCUT2D eigenvalue weighted by Crippen LogP contribution is -2.47. The summed E-state index contributed by atoms with van der Waals surface area (Å²) in [7, 11) is 3.41. The van der Waals surface area contributed by atoms with Gasteiger partial charge in [-0.05, 0) is 37.4 Å². The number of aromatic nitrogens is 1. The molecule has 3 aromatic carbocycles. The fourth-order valence-corrected chi connectivity index (χ4v) is 4.74. The summed E-state index contributed by atoms with van der Waals surface area (Å²) in [5.41, 5.74) is 3.93. The van der Waals surface area contributed by atoms with E-state index in [4.69, 9.17) is 9.73 Å². The van der Waals surface area contributed by atoms with Gasteiger partial charge in [0.15, 0.2) is 5.88 Å². The van der Waals surface area contributed by atoms with E-state index in [1.807, 2.05) is 60.7 Å². The number of piperazine rings is 1. The zero-order chi connectivity index (χ0) is 27.4. The number of ether oxygens (including phenoxy) is 1. The molecule has 0 aliphatic carbocycles. The van der Waals surface area contributed by atoms with Crippen LogP contribution in [0, 0.1) is 0 Å². The summed E-state index contributed by atoms with van der Waals surface area (Å²) < 4.78 is 4.91. The standard InChI is InChI=1S/C30H31N5O4/c1-34-15-17-35(18-16-34)19-25(36)31-21-11-13-22(14-12-21)32-27(20-7-4-3-5-8-20)26-23-9-6-10-24(30(38)39-2)28(23)33-29(26)37/h3-14,33,37H,15-19H2,1-2H3,(H,31,36). The van der Waals surface area contributed by atoms with Gasteiger partial charge in [-0.25, -0.2) is 9.79 Å². The Kier molecular flexibility index (Phi) is 7.72. The molecule has 3 N–H and O–H groups in total. The monoisotopic (exact) mass is 525 g/mol. The third kappa shape index (κ3) is 5.84. The second-order valence-electron chi connectivity index (χ2n) is 9.57. The van der Waals surface area contributed by atoms with E-state index in [0.29, 0.717) is 45.7 Å². The predicted molar refractivity (Wildman–Crippen MR) is 152 cm³/mol. The number of anilines is 1. The Morgan fingerprint density at radius 1 is 0.974 bits per heavy atom. The molecule has 1 aliphatic rings. The lowest BCUT2D eigenvalue weighted by Gasteiger charge is -2.31. The summed E-state index contributed by atoms with van der Waals surface area (Å²) in [6, 6.07) is 22.0. The molecule has 0 radical (unpaired) electrons. The number of carbonyl (C=O) groups excluding carboxylic acids is 2. The van der Waals surface area contributed by atoms with Crippen molar-refractivity contribution in [2.75, 3.05) is 52.2 Å². The smallest absolute Gasteiger partial charge is 0.339 e. The molecule has 9 nitrogen and oxygen atoms in total. The van der Waals surface area contributed by atoms with Crippen molar-refractivity contribution in [3.8, 4) is 5.88 Å². The summed E-state index contributed by atoms with van der Waals surface area (Å²) in [6.45, 7) is 4.03. The molecule has 1 fully saturated rings. The summed E-state index contributed by atoms with van der Waals surface area (Å²) in [6.07, 6.45) is 0. The van der Waals surface area contributed by atoms with Crippen LogP contribution in [-0.2, 0) is 9.53 Å². The van der Waals surface area contributed by atoms with Crippen molar-refractivity contribution in [2.24, 2.45) is 4.99 Å². The van der Waals surface area contributed by atoms with Crippen LogP contribution in [0.5, 0.6) is 5.88 Å². The van der Waals surface area contributed by atoms with E-state index >= 15 is 0 Å². The zero-order valence-electron chi connectivity index (χ0n) is 22.0. The van der Waals surface area contributed by atoms with Gasteiger partial charge in [0.05, 0.1) is 41.7 Å². The molecule has 1 aliphatic heterocycles. The van der Waals surface area contributed by atoms with Gasteiger partial charge in [0.2, 0.25) is 5.91 Å². The van der Waals surface area contributed by atoms with Crippen LogP contribution in [0.15, 0.2) is 77.8 Å².